The van der Waals surface area contributed by atoms with E-state index in [0.717, 1.165) is 5.76 Å². The van der Waals surface area contributed by atoms with Gasteiger partial charge in [0.1, 0.15) is 5.76 Å². The second-order valence-corrected chi connectivity index (χ2v) is 3.94. The fourth-order valence-electron chi connectivity index (χ4n) is 1.96. The number of hydrogen-bond acceptors (Lipinski definition) is 4. The van der Waals surface area contributed by atoms with Crippen molar-refractivity contribution < 1.29 is 14.0 Å². The zero-order valence-corrected chi connectivity index (χ0v) is 9.40. The molecular formula is C13H10N2O3. The summed E-state index contributed by atoms with van der Waals surface area (Å²) in [7, 11) is 0. The van der Waals surface area contributed by atoms with Gasteiger partial charge in [-0.15, -0.1) is 0 Å². The number of hydrogen-bond donors (Lipinski definition) is 2. The molecule has 1 aliphatic rings. The SMILES string of the molecule is O=C1NC(=O)c2c(NCc3ccco3)cccc21. The van der Waals surface area contributed by atoms with Crippen LogP contribution in [0.15, 0.2) is 41.0 Å². The number of rotatable bonds is 3. The molecule has 2 heterocycles. The fraction of sp³-hybridized carbons (Fsp3) is 0.0769. The monoisotopic (exact) mass is 242 g/mol. The average Bonchev–Trinajstić information content (AvgIpc) is 2.97. The smallest absolute Gasteiger partial charge is 0.261 e. The molecule has 2 aromatic rings. The van der Waals surface area contributed by atoms with E-state index in [1.807, 2.05) is 6.07 Å². The van der Waals surface area contributed by atoms with Gasteiger partial charge in [0.25, 0.3) is 11.8 Å². The van der Waals surface area contributed by atoms with E-state index in [2.05, 4.69) is 10.6 Å². The van der Waals surface area contributed by atoms with E-state index in [1.165, 1.54) is 0 Å². The van der Waals surface area contributed by atoms with Crippen LogP contribution in [0.2, 0.25) is 0 Å². The molecule has 0 spiro atoms. The number of anilines is 1. The van der Waals surface area contributed by atoms with Crippen LogP contribution in [-0.2, 0) is 6.54 Å². The van der Waals surface area contributed by atoms with E-state index < -0.39 is 0 Å². The van der Waals surface area contributed by atoms with Gasteiger partial charge in [-0.25, -0.2) is 0 Å². The van der Waals surface area contributed by atoms with Crippen molar-refractivity contribution in [2.45, 2.75) is 6.54 Å². The third-order valence-corrected chi connectivity index (χ3v) is 2.80. The largest absolute Gasteiger partial charge is 0.467 e. The molecule has 0 bridgehead atoms. The van der Waals surface area contributed by atoms with Crippen molar-refractivity contribution in [3.63, 3.8) is 0 Å². The van der Waals surface area contributed by atoms with Crippen LogP contribution in [0.3, 0.4) is 0 Å². The Hall–Kier alpha value is -2.56. The molecule has 0 unspecified atom stereocenters. The fourth-order valence-corrected chi connectivity index (χ4v) is 1.96. The second-order valence-electron chi connectivity index (χ2n) is 3.94. The van der Waals surface area contributed by atoms with Gasteiger partial charge in [0.2, 0.25) is 0 Å². The number of amides is 2. The van der Waals surface area contributed by atoms with E-state index in [0.29, 0.717) is 23.4 Å². The number of nitrogens with one attached hydrogen (secondary N) is 2. The molecule has 2 N–H and O–H groups in total. The van der Waals surface area contributed by atoms with Gasteiger partial charge in [-0.3, -0.25) is 14.9 Å². The molecule has 0 fully saturated rings. The molecule has 0 atom stereocenters. The Morgan fingerprint density at radius 1 is 1.11 bits per heavy atom. The predicted molar refractivity (Wildman–Crippen MR) is 64.3 cm³/mol. The van der Waals surface area contributed by atoms with Crippen LogP contribution in [0.1, 0.15) is 26.5 Å². The summed E-state index contributed by atoms with van der Waals surface area (Å²) in [5.41, 5.74) is 1.44. The Bertz CT molecular complexity index is 617. The van der Waals surface area contributed by atoms with E-state index >= 15 is 0 Å². The molecule has 1 aromatic carbocycles. The van der Waals surface area contributed by atoms with Gasteiger partial charge in [-0.2, -0.15) is 0 Å². The molecule has 1 aliphatic heterocycles. The molecule has 5 heteroatoms. The summed E-state index contributed by atoms with van der Waals surface area (Å²) in [5.74, 6) is 0.0477. The summed E-state index contributed by atoms with van der Waals surface area (Å²) >= 11 is 0. The van der Waals surface area contributed by atoms with E-state index in [4.69, 9.17) is 4.42 Å². The first-order chi connectivity index (χ1) is 8.75. The molecule has 0 aliphatic carbocycles. The minimum absolute atomic E-state index is 0.350. The van der Waals surface area contributed by atoms with E-state index in [1.54, 1.807) is 30.5 Å². The van der Waals surface area contributed by atoms with Crippen molar-refractivity contribution in [3.8, 4) is 0 Å². The summed E-state index contributed by atoms with van der Waals surface area (Å²) in [4.78, 5) is 23.1. The third-order valence-electron chi connectivity index (χ3n) is 2.80. The summed E-state index contributed by atoms with van der Waals surface area (Å²) in [6.45, 7) is 0.463. The average molecular weight is 242 g/mol. The summed E-state index contributed by atoms with van der Waals surface area (Å²) in [6, 6.07) is 8.76. The van der Waals surface area contributed by atoms with Crippen LogP contribution in [0.4, 0.5) is 5.69 Å². The highest BCUT2D eigenvalue weighted by Gasteiger charge is 2.29. The summed E-state index contributed by atoms with van der Waals surface area (Å²) in [6.07, 6.45) is 1.59. The van der Waals surface area contributed by atoms with Gasteiger partial charge >= 0.3 is 0 Å². The summed E-state index contributed by atoms with van der Waals surface area (Å²) in [5, 5.41) is 5.37. The standard InChI is InChI=1S/C13H10N2O3/c16-12-9-4-1-5-10(11(9)13(17)15-12)14-7-8-3-2-6-18-8/h1-6,14H,7H2,(H,15,16,17). The molecule has 90 valence electrons. The lowest BCUT2D eigenvalue weighted by atomic mass is 10.1. The topological polar surface area (TPSA) is 71.3 Å². The molecule has 0 saturated heterocycles. The number of carbonyl (C=O) groups excluding carboxylic acids is 2. The first kappa shape index (κ1) is 10.6. The van der Waals surface area contributed by atoms with Crippen molar-refractivity contribution in [1.82, 2.24) is 5.32 Å². The number of imide groups is 1. The molecule has 2 amide bonds. The third kappa shape index (κ3) is 1.66. The first-order valence-electron chi connectivity index (χ1n) is 5.50. The van der Waals surface area contributed by atoms with Crippen molar-refractivity contribution in [1.29, 1.82) is 0 Å². The highest BCUT2D eigenvalue weighted by molar-refractivity contribution is 6.23. The van der Waals surface area contributed by atoms with Gasteiger partial charge in [0, 0.05) is 5.69 Å². The number of carbonyl (C=O) groups is 2. The Kier molecular flexibility index (Phi) is 2.37. The van der Waals surface area contributed by atoms with Gasteiger partial charge < -0.3 is 9.73 Å². The van der Waals surface area contributed by atoms with E-state index in [9.17, 15) is 9.59 Å². The molecule has 3 rings (SSSR count). The highest BCUT2D eigenvalue weighted by atomic mass is 16.3. The van der Waals surface area contributed by atoms with Gasteiger partial charge in [0.15, 0.2) is 0 Å². The Morgan fingerprint density at radius 2 is 2.00 bits per heavy atom. The molecular weight excluding hydrogens is 232 g/mol. The van der Waals surface area contributed by atoms with Crippen molar-refractivity contribution in [3.05, 3.63) is 53.5 Å². The maximum Gasteiger partial charge on any atom is 0.261 e. The van der Waals surface area contributed by atoms with Crippen LogP contribution in [0, 0.1) is 0 Å². The van der Waals surface area contributed by atoms with Crippen molar-refractivity contribution in [2.24, 2.45) is 0 Å². The Balaban J connectivity index is 1.89. The minimum atomic E-state index is -0.363. The quantitative estimate of drug-likeness (QED) is 0.805. The van der Waals surface area contributed by atoms with Crippen LogP contribution < -0.4 is 10.6 Å². The number of fused-ring (bicyclic) bond motifs is 1. The first-order valence-corrected chi connectivity index (χ1v) is 5.50. The van der Waals surface area contributed by atoms with Crippen molar-refractivity contribution in [2.75, 3.05) is 5.32 Å². The lowest BCUT2D eigenvalue weighted by Crippen LogP contribution is -2.20. The maximum absolute atomic E-state index is 11.7. The van der Waals surface area contributed by atoms with Crippen molar-refractivity contribution >= 4 is 17.5 Å². The number of furan rings is 1. The Labute approximate surface area is 103 Å². The molecule has 1 aromatic heterocycles. The highest BCUT2D eigenvalue weighted by Crippen LogP contribution is 2.24. The maximum atomic E-state index is 11.7. The van der Waals surface area contributed by atoms with Gasteiger partial charge in [-0.1, -0.05) is 6.07 Å². The van der Waals surface area contributed by atoms with Crippen LogP contribution in [-0.4, -0.2) is 11.8 Å². The lowest BCUT2D eigenvalue weighted by molar-refractivity contribution is 0.0880. The molecule has 5 nitrogen and oxygen atoms in total. The van der Waals surface area contributed by atoms with Crippen LogP contribution >= 0.6 is 0 Å². The number of benzene rings is 1. The van der Waals surface area contributed by atoms with Gasteiger partial charge in [0.05, 0.1) is 23.9 Å². The lowest BCUT2D eigenvalue weighted by Gasteiger charge is -2.07. The van der Waals surface area contributed by atoms with Gasteiger partial charge in [-0.05, 0) is 24.3 Å². The summed E-state index contributed by atoms with van der Waals surface area (Å²) < 4.78 is 5.19. The Morgan fingerprint density at radius 3 is 2.78 bits per heavy atom. The van der Waals surface area contributed by atoms with E-state index in [-0.39, 0.29) is 11.8 Å². The zero-order valence-electron chi connectivity index (χ0n) is 9.40. The van der Waals surface area contributed by atoms with Crippen LogP contribution in [0.25, 0.3) is 0 Å². The second kappa shape index (κ2) is 4.03. The van der Waals surface area contributed by atoms with Crippen LogP contribution in [0.5, 0.6) is 0 Å². The zero-order chi connectivity index (χ0) is 12.5. The normalized spacial score (nSPS) is 13.3. The molecule has 0 saturated carbocycles. The molecule has 18 heavy (non-hydrogen) atoms. The predicted octanol–water partition coefficient (Wildman–Crippen LogP) is 1.78. The minimum Gasteiger partial charge on any atom is -0.467 e. The molecule has 0 radical (unpaired) electrons.